The van der Waals surface area contributed by atoms with Gasteiger partial charge in [0.1, 0.15) is 11.5 Å². The topological polar surface area (TPSA) is 72.9 Å². The second kappa shape index (κ2) is 8.28. The summed E-state index contributed by atoms with van der Waals surface area (Å²) >= 11 is 1.42. The summed E-state index contributed by atoms with van der Waals surface area (Å²) in [5, 5.41) is 5.38. The minimum atomic E-state index is -0.258. The molecule has 1 fully saturated rings. The molecular formula is C17H21N3O4S. The van der Waals surface area contributed by atoms with Crippen LogP contribution in [0.15, 0.2) is 23.6 Å². The van der Waals surface area contributed by atoms with Crippen molar-refractivity contribution in [1.29, 1.82) is 0 Å². The molecule has 0 saturated carbocycles. The number of hydrogen-bond acceptors (Lipinski definition) is 7. The highest BCUT2D eigenvalue weighted by Gasteiger charge is 2.16. The number of morpholine rings is 1. The van der Waals surface area contributed by atoms with Gasteiger partial charge in [0.05, 0.1) is 38.7 Å². The lowest BCUT2D eigenvalue weighted by Crippen LogP contribution is -2.35. The Bertz CT molecular complexity index is 728. The number of carbonyl (C=O) groups is 1. The number of benzene rings is 1. The van der Waals surface area contributed by atoms with E-state index in [9.17, 15) is 4.79 Å². The predicted octanol–water partition coefficient (Wildman–Crippen LogP) is 2.24. The maximum atomic E-state index is 12.5. The zero-order valence-corrected chi connectivity index (χ0v) is 15.1. The van der Waals surface area contributed by atoms with Crippen LogP contribution in [0.1, 0.15) is 16.1 Å². The van der Waals surface area contributed by atoms with Gasteiger partial charge in [-0.3, -0.25) is 15.0 Å². The number of hydrogen-bond donors (Lipinski definition) is 1. The first-order valence-electron chi connectivity index (χ1n) is 7.97. The lowest BCUT2D eigenvalue weighted by molar-refractivity contribution is 0.0337. The number of aromatic nitrogens is 1. The third-order valence-corrected chi connectivity index (χ3v) is 4.72. The highest BCUT2D eigenvalue weighted by atomic mass is 32.1. The van der Waals surface area contributed by atoms with Crippen molar-refractivity contribution in [1.82, 2.24) is 9.88 Å². The molecule has 0 atom stereocenters. The number of amides is 1. The summed E-state index contributed by atoms with van der Waals surface area (Å²) in [7, 11) is 3.09. The Labute approximate surface area is 150 Å². The Balaban J connectivity index is 1.65. The Morgan fingerprint density at radius 3 is 2.84 bits per heavy atom. The third kappa shape index (κ3) is 4.47. The smallest absolute Gasteiger partial charge is 0.261 e. The van der Waals surface area contributed by atoms with Crippen LogP contribution in [-0.4, -0.2) is 56.3 Å². The molecule has 2 aromatic rings. The number of methoxy groups -OCH3 is 2. The summed E-state index contributed by atoms with van der Waals surface area (Å²) in [4.78, 5) is 19.3. The quantitative estimate of drug-likeness (QED) is 0.849. The van der Waals surface area contributed by atoms with E-state index in [0.717, 1.165) is 38.5 Å². The number of carbonyl (C=O) groups excluding carboxylic acids is 1. The molecule has 134 valence electrons. The second-order valence-corrected chi connectivity index (χ2v) is 6.41. The molecule has 25 heavy (non-hydrogen) atoms. The molecule has 0 aliphatic carbocycles. The number of nitrogens with zero attached hydrogens (tertiary/aromatic N) is 2. The second-order valence-electron chi connectivity index (χ2n) is 5.55. The molecule has 0 bridgehead atoms. The molecule has 0 radical (unpaired) electrons. The molecule has 1 aromatic heterocycles. The van der Waals surface area contributed by atoms with E-state index < -0.39 is 0 Å². The first-order valence-corrected chi connectivity index (χ1v) is 8.85. The summed E-state index contributed by atoms with van der Waals surface area (Å²) in [5.41, 5.74) is 1.39. The van der Waals surface area contributed by atoms with Gasteiger partial charge in [0, 0.05) is 31.1 Å². The first-order chi connectivity index (χ1) is 12.2. The Kier molecular flexibility index (Phi) is 5.85. The largest absolute Gasteiger partial charge is 0.497 e. The number of anilines is 1. The van der Waals surface area contributed by atoms with Crippen molar-refractivity contribution in [2.24, 2.45) is 0 Å². The van der Waals surface area contributed by atoms with Crippen LogP contribution in [-0.2, 0) is 11.3 Å². The molecule has 1 amide bonds. The van der Waals surface area contributed by atoms with E-state index in [0.29, 0.717) is 22.2 Å². The molecule has 8 heteroatoms. The minimum absolute atomic E-state index is 0.258. The van der Waals surface area contributed by atoms with Crippen molar-refractivity contribution in [2.45, 2.75) is 6.54 Å². The van der Waals surface area contributed by atoms with E-state index >= 15 is 0 Å². The summed E-state index contributed by atoms with van der Waals surface area (Å²) in [6.45, 7) is 4.09. The average Bonchev–Trinajstić information content (AvgIpc) is 3.08. The van der Waals surface area contributed by atoms with Gasteiger partial charge in [-0.05, 0) is 12.1 Å². The molecule has 1 N–H and O–H groups in total. The number of nitrogens with one attached hydrogen (secondary N) is 1. The van der Waals surface area contributed by atoms with Crippen LogP contribution in [0, 0.1) is 0 Å². The van der Waals surface area contributed by atoms with Gasteiger partial charge in [0.15, 0.2) is 5.13 Å². The molecule has 1 aliphatic rings. The SMILES string of the molecule is COc1ccc(C(=O)Nc2nc(CN3CCOCC3)cs2)c(OC)c1. The number of thiazole rings is 1. The van der Waals surface area contributed by atoms with Gasteiger partial charge in [-0.15, -0.1) is 11.3 Å². The van der Waals surface area contributed by atoms with Crippen molar-refractivity contribution in [3.05, 3.63) is 34.8 Å². The molecular weight excluding hydrogens is 342 g/mol. The van der Waals surface area contributed by atoms with Gasteiger partial charge in [0.2, 0.25) is 0 Å². The van der Waals surface area contributed by atoms with Crippen LogP contribution >= 0.6 is 11.3 Å². The van der Waals surface area contributed by atoms with Crippen molar-refractivity contribution in [3.8, 4) is 11.5 Å². The standard InChI is InChI=1S/C17H21N3O4S/c1-22-13-3-4-14(15(9-13)23-2)16(21)19-17-18-12(11-25-17)10-20-5-7-24-8-6-20/h3-4,9,11H,5-8,10H2,1-2H3,(H,18,19,21). The molecule has 2 heterocycles. The summed E-state index contributed by atoms with van der Waals surface area (Å²) in [6.07, 6.45) is 0. The van der Waals surface area contributed by atoms with Gasteiger partial charge >= 0.3 is 0 Å². The first kappa shape index (κ1) is 17.7. The van der Waals surface area contributed by atoms with Crippen molar-refractivity contribution in [2.75, 3.05) is 45.8 Å². The van der Waals surface area contributed by atoms with Gasteiger partial charge < -0.3 is 14.2 Å². The van der Waals surface area contributed by atoms with Crippen LogP contribution in [0.3, 0.4) is 0 Å². The summed E-state index contributed by atoms with van der Waals surface area (Å²) in [5.74, 6) is 0.837. The van der Waals surface area contributed by atoms with E-state index in [1.807, 2.05) is 5.38 Å². The Hall–Kier alpha value is -2.16. The monoisotopic (exact) mass is 363 g/mol. The van der Waals surface area contributed by atoms with E-state index in [2.05, 4.69) is 15.2 Å². The Morgan fingerprint density at radius 2 is 2.12 bits per heavy atom. The van der Waals surface area contributed by atoms with Crippen LogP contribution in [0.5, 0.6) is 11.5 Å². The summed E-state index contributed by atoms with van der Waals surface area (Å²) in [6, 6.07) is 5.08. The molecule has 1 aromatic carbocycles. The molecule has 1 aliphatic heterocycles. The van der Waals surface area contributed by atoms with Crippen LogP contribution in [0.25, 0.3) is 0 Å². The molecule has 1 saturated heterocycles. The lowest BCUT2D eigenvalue weighted by atomic mass is 10.2. The fourth-order valence-corrected chi connectivity index (χ4v) is 3.27. The lowest BCUT2D eigenvalue weighted by Gasteiger charge is -2.25. The maximum absolute atomic E-state index is 12.5. The maximum Gasteiger partial charge on any atom is 0.261 e. The number of rotatable bonds is 6. The van der Waals surface area contributed by atoms with Crippen molar-refractivity contribution < 1.29 is 19.0 Å². The van der Waals surface area contributed by atoms with E-state index in [-0.39, 0.29) is 5.91 Å². The van der Waals surface area contributed by atoms with E-state index in [1.54, 1.807) is 25.3 Å². The normalized spacial score (nSPS) is 15.0. The Morgan fingerprint density at radius 1 is 1.32 bits per heavy atom. The van der Waals surface area contributed by atoms with Crippen molar-refractivity contribution in [3.63, 3.8) is 0 Å². The van der Waals surface area contributed by atoms with Crippen molar-refractivity contribution >= 4 is 22.4 Å². The fraction of sp³-hybridized carbons (Fsp3) is 0.412. The van der Waals surface area contributed by atoms with Crippen LogP contribution in [0.2, 0.25) is 0 Å². The van der Waals surface area contributed by atoms with Gasteiger partial charge in [-0.2, -0.15) is 0 Å². The zero-order chi connectivity index (χ0) is 17.6. The molecule has 0 unspecified atom stereocenters. The predicted molar refractivity (Wildman–Crippen MR) is 95.7 cm³/mol. The third-order valence-electron chi connectivity index (χ3n) is 3.91. The zero-order valence-electron chi connectivity index (χ0n) is 14.3. The highest BCUT2D eigenvalue weighted by molar-refractivity contribution is 7.14. The number of ether oxygens (including phenoxy) is 3. The van der Waals surface area contributed by atoms with Gasteiger partial charge in [-0.25, -0.2) is 4.98 Å². The van der Waals surface area contributed by atoms with Gasteiger partial charge in [0.25, 0.3) is 5.91 Å². The highest BCUT2D eigenvalue weighted by Crippen LogP contribution is 2.26. The minimum Gasteiger partial charge on any atom is -0.497 e. The van der Waals surface area contributed by atoms with Gasteiger partial charge in [-0.1, -0.05) is 0 Å². The molecule has 3 rings (SSSR count). The molecule has 0 spiro atoms. The molecule has 7 nitrogen and oxygen atoms in total. The van der Waals surface area contributed by atoms with Crippen LogP contribution < -0.4 is 14.8 Å². The fourth-order valence-electron chi connectivity index (χ4n) is 2.58. The van der Waals surface area contributed by atoms with E-state index in [1.165, 1.54) is 18.4 Å². The average molecular weight is 363 g/mol. The summed E-state index contributed by atoms with van der Waals surface area (Å²) < 4.78 is 15.8. The van der Waals surface area contributed by atoms with Crippen LogP contribution in [0.4, 0.5) is 5.13 Å². The van der Waals surface area contributed by atoms with E-state index in [4.69, 9.17) is 14.2 Å².